The molecular formula is C18H18ClN3O4. The zero-order valence-corrected chi connectivity index (χ0v) is 15.0. The molecule has 1 aromatic carbocycles. The third-order valence-corrected chi connectivity index (χ3v) is 4.18. The van der Waals surface area contributed by atoms with E-state index in [1.54, 1.807) is 29.2 Å². The van der Waals surface area contributed by atoms with Crippen LogP contribution in [0.25, 0.3) is 0 Å². The van der Waals surface area contributed by atoms with Gasteiger partial charge >= 0.3 is 0 Å². The van der Waals surface area contributed by atoms with Crippen molar-refractivity contribution >= 4 is 29.1 Å². The van der Waals surface area contributed by atoms with Crippen LogP contribution in [0.1, 0.15) is 20.8 Å². The van der Waals surface area contributed by atoms with Crippen molar-refractivity contribution < 1.29 is 19.1 Å². The van der Waals surface area contributed by atoms with E-state index in [1.165, 1.54) is 19.4 Å². The average Bonchev–Trinajstić information content (AvgIpc) is 2.68. The van der Waals surface area contributed by atoms with E-state index in [4.69, 9.17) is 21.1 Å². The first-order chi connectivity index (χ1) is 12.6. The minimum atomic E-state index is -0.456. The van der Waals surface area contributed by atoms with Gasteiger partial charge in [-0.2, -0.15) is 0 Å². The Bertz CT molecular complexity index is 822. The fourth-order valence-electron chi connectivity index (χ4n) is 2.60. The van der Waals surface area contributed by atoms with Gasteiger partial charge < -0.3 is 19.7 Å². The Kier molecular flexibility index (Phi) is 5.70. The van der Waals surface area contributed by atoms with Crippen molar-refractivity contribution in [3.8, 4) is 5.75 Å². The van der Waals surface area contributed by atoms with Gasteiger partial charge in [-0.15, -0.1) is 0 Å². The molecule has 2 heterocycles. The van der Waals surface area contributed by atoms with E-state index in [1.807, 2.05) is 0 Å². The van der Waals surface area contributed by atoms with Gasteiger partial charge in [-0.05, 0) is 30.3 Å². The van der Waals surface area contributed by atoms with Crippen molar-refractivity contribution in [2.45, 2.75) is 0 Å². The average molecular weight is 376 g/mol. The molecule has 1 aliphatic heterocycles. The van der Waals surface area contributed by atoms with E-state index in [0.29, 0.717) is 48.3 Å². The number of pyridine rings is 1. The molecule has 0 aliphatic carbocycles. The van der Waals surface area contributed by atoms with Crippen LogP contribution in [0.2, 0.25) is 5.02 Å². The number of morpholine rings is 1. The second kappa shape index (κ2) is 8.16. The quantitative estimate of drug-likeness (QED) is 0.887. The third-order valence-electron chi connectivity index (χ3n) is 3.95. The molecule has 7 nitrogen and oxygen atoms in total. The zero-order valence-electron chi connectivity index (χ0n) is 14.2. The van der Waals surface area contributed by atoms with E-state index in [9.17, 15) is 9.59 Å². The number of amides is 2. The summed E-state index contributed by atoms with van der Waals surface area (Å²) in [6.45, 7) is 2.09. The number of carbonyl (C=O) groups is 2. The van der Waals surface area contributed by atoms with Gasteiger partial charge in [0.2, 0.25) is 0 Å². The molecule has 1 aromatic heterocycles. The monoisotopic (exact) mass is 375 g/mol. The van der Waals surface area contributed by atoms with Crippen LogP contribution in [0.5, 0.6) is 5.75 Å². The van der Waals surface area contributed by atoms with Gasteiger partial charge in [-0.1, -0.05) is 11.6 Å². The summed E-state index contributed by atoms with van der Waals surface area (Å²) in [5.74, 6) is -0.129. The molecular weight excluding hydrogens is 358 g/mol. The van der Waals surface area contributed by atoms with Crippen molar-refractivity contribution in [3.05, 3.63) is 52.8 Å². The molecule has 1 saturated heterocycles. The highest BCUT2D eigenvalue weighted by Gasteiger charge is 2.20. The van der Waals surface area contributed by atoms with Crippen LogP contribution in [-0.2, 0) is 4.74 Å². The smallest absolute Gasteiger partial charge is 0.274 e. The number of halogens is 1. The lowest BCUT2D eigenvalue weighted by molar-refractivity contribution is 0.0303. The van der Waals surface area contributed by atoms with Gasteiger partial charge in [-0.25, -0.2) is 0 Å². The molecule has 3 rings (SSSR count). The van der Waals surface area contributed by atoms with Crippen molar-refractivity contribution in [1.29, 1.82) is 0 Å². The minimum absolute atomic E-state index is 0.131. The number of hydrogen-bond acceptors (Lipinski definition) is 5. The Labute approximate surface area is 155 Å². The number of benzene rings is 1. The van der Waals surface area contributed by atoms with E-state index < -0.39 is 5.91 Å². The number of ether oxygens (including phenoxy) is 2. The predicted octanol–water partition coefficient (Wildman–Crippen LogP) is 2.47. The highest BCUT2D eigenvalue weighted by Crippen LogP contribution is 2.28. The van der Waals surface area contributed by atoms with Crippen molar-refractivity contribution in [2.75, 3.05) is 38.7 Å². The summed E-state index contributed by atoms with van der Waals surface area (Å²) in [5.41, 5.74) is 0.966. The molecule has 1 N–H and O–H groups in total. The Balaban J connectivity index is 1.78. The Morgan fingerprint density at radius 2 is 2.00 bits per heavy atom. The Morgan fingerprint density at radius 1 is 1.23 bits per heavy atom. The number of hydrogen-bond donors (Lipinski definition) is 1. The van der Waals surface area contributed by atoms with Gasteiger partial charge in [-0.3, -0.25) is 14.6 Å². The number of rotatable bonds is 4. The topological polar surface area (TPSA) is 80.8 Å². The minimum Gasteiger partial charge on any atom is -0.495 e. The summed E-state index contributed by atoms with van der Waals surface area (Å²) in [6.07, 6.45) is 1.44. The van der Waals surface area contributed by atoms with Gasteiger partial charge in [0.05, 0.1) is 26.0 Å². The van der Waals surface area contributed by atoms with Crippen LogP contribution in [0.15, 0.2) is 36.5 Å². The second-order valence-corrected chi connectivity index (χ2v) is 6.07. The zero-order chi connectivity index (χ0) is 18.5. The molecule has 136 valence electrons. The number of anilines is 1. The first kappa shape index (κ1) is 18.2. The fraction of sp³-hybridized carbons (Fsp3) is 0.278. The number of nitrogens with zero attached hydrogens (tertiary/aromatic N) is 2. The summed E-state index contributed by atoms with van der Waals surface area (Å²) >= 11 is 5.97. The molecule has 2 aromatic rings. The second-order valence-electron chi connectivity index (χ2n) is 5.63. The van der Waals surface area contributed by atoms with Gasteiger partial charge in [0, 0.05) is 29.9 Å². The highest BCUT2D eigenvalue weighted by molar-refractivity contribution is 6.31. The number of nitrogens with one attached hydrogen (secondary N) is 1. The molecule has 1 aliphatic rings. The van der Waals surface area contributed by atoms with Crippen LogP contribution in [0, 0.1) is 0 Å². The molecule has 0 spiro atoms. The van der Waals surface area contributed by atoms with Crippen LogP contribution in [0.3, 0.4) is 0 Å². The van der Waals surface area contributed by atoms with Crippen molar-refractivity contribution in [3.63, 3.8) is 0 Å². The maximum absolute atomic E-state index is 12.6. The van der Waals surface area contributed by atoms with Crippen LogP contribution in [0.4, 0.5) is 5.69 Å². The van der Waals surface area contributed by atoms with Crippen molar-refractivity contribution in [2.24, 2.45) is 0 Å². The first-order valence-electron chi connectivity index (χ1n) is 8.06. The SMILES string of the molecule is COc1ccc(Cl)cc1NC(=O)c1cc(C(=O)N2CCOCC2)ccn1. The van der Waals surface area contributed by atoms with Gasteiger partial charge in [0.15, 0.2) is 0 Å². The van der Waals surface area contributed by atoms with Crippen LogP contribution < -0.4 is 10.1 Å². The Hall–Kier alpha value is -2.64. The molecule has 8 heteroatoms. The number of methoxy groups -OCH3 is 1. The third kappa shape index (κ3) is 4.12. The van der Waals surface area contributed by atoms with Gasteiger partial charge in [0.1, 0.15) is 11.4 Å². The molecule has 0 unspecified atom stereocenters. The molecule has 0 atom stereocenters. The molecule has 26 heavy (non-hydrogen) atoms. The summed E-state index contributed by atoms with van der Waals surface area (Å²) in [6, 6.07) is 7.97. The van der Waals surface area contributed by atoms with Crippen LogP contribution >= 0.6 is 11.6 Å². The fourth-order valence-corrected chi connectivity index (χ4v) is 2.77. The summed E-state index contributed by atoms with van der Waals surface area (Å²) in [5, 5.41) is 3.17. The molecule has 0 saturated carbocycles. The van der Waals surface area contributed by atoms with E-state index >= 15 is 0 Å². The van der Waals surface area contributed by atoms with E-state index in [2.05, 4.69) is 10.3 Å². The normalized spacial score (nSPS) is 14.0. The Morgan fingerprint density at radius 3 is 2.73 bits per heavy atom. The largest absolute Gasteiger partial charge is 0.495 e. The molecule has 0 radical (unpaired) electrons. The summed E-state index contributed by atoms with van der Waals surface area (Å²) in [4.78, 5) is 30.8. The van der Waals surface area contributed by atoms with E-state index in [-0.39, 0.29) is 11.6 Å². The lowest BCUT2D eigenvalue weighted by Gasteiger charge is -2.26. The van der Waals surface area contributed by atoms with Crippen LogP contribution in [-0.4, -0.2) is 55.1 Å². The maximum atomic E-state index is 12.6. The first-order valence-corrected chi connectivity index (χ1v) is 8.44. The lowest BCUT2D eigenvalue weighted by atomic mass is 10.2. The molecule has 2 amide bonds. The lowest BCUT2D eigenvalue weighted by Crippen LogP contribution is -2.40. The molecule has 1 fully saturated rings. The predicted molar refractivity (Wildman–Crippen MR) is 96.9 cm³/mol. The highest BCUT2D eigenvalue weighted by atomic mass is 35.5. The maximum Gasteiger partial charge on any atom is 0.274 e. The molecule has 0 bridgehead atoms. The summed E-state index contributed by atoms with van der Waals surface area (Å²) in [7, 11) is 1.50. The van der Waals surface area contributed by atoms with E-state index in [0.717, 1.165) is 0 Å². The summed E-state index contributed by atoms with van der Waals surface area (Å²) < 4.78 is 10.5. The number of carbonyl (C=O) groups excluding carboxylic acids is 2. The standard InChI is InChI=1S/C18H18ClN3O4/c1-25-16-3-2-13(19)11-14(16)21-17(23)15-10-12(4-5-20-15)18(24)22-6-8-26-9-7-22/h2-5,10-11H,6-9H2,1H3,(H,21,23). The number of aromatic nitrogens is 1. The van der Waals surface area contributed by atoms with Gasteiger partial charge in [0.25, 0.3) is 11.8 Å². The van der Waals surface area contributed by atoms with Crippen molar-refractivity contribution in [1.82, 2.24) is 9.88 Å².